The molecule has 16 heavy (non-hydrogen) atoms. The maximum Gasteiger partial charge on any atom is 0.408 e. The van der Waals surface area contributed by atoms with Crippen LogP contribution in [0.15, 0.2) is 30.3 Å². The molecule has 0 saturated heterocycles. The average molecular weight is 223 g/mol. The van der Waals surface area contributed by atoms with E-state index >= 15 is 0 Å². The Kier molecular flexibility index (Phi) is 4.32. The first-order valence-electron chi connectivity index (χ1n) is 4.81. The monoisotopic (exact) mass is 223 g/mol. The number of benzene rings is 1. The molecule has 0 aliphatic carbocycles. The molecule has 1 unspecified atom stereocenters. The molecule has 1 amide bonds. The van der Waals surface area contributed by atoms with E-state index in [9.17, 15) is 9.59 Å². The van der Waals surface area contributed by atoms with E-state index in [4.69, 9.17) is 5.11 Å². The van der Waals surface area contributed by atoms with Crippen molar-refractivity contribution >= 4 is 12.1 Å². The third-order valence-electron chi connectivity index (χ3n) is 1.91. The van der Waals surface area contributed by atoms with E-state index < -0.39 is 18.2 Å². The number of carboxylic acid groups (broad SMARTS) is 1. The molecular weight excluding hydrogens is 210 g/mol. The third kappa shape index (κ3) is 4.00. The van der Waals surface area contributed by atoms with Gasteiger partial charge in [0.15, 0.2) is 6.10 Å². The Bertz CT molecular complexity index is 364. The van der Waals surface area contributed by atoms with Crippen LogP contribution in [0.2, 0.25) is 0 Å². The number of amides is 1. The molecule has 1 aromatic rings. The van der Waals surface area contributed by atoms with Crippen molar-refractivity contribution in [3.8, 4) is 0 Å². The maximum absolute atomic E-state index is 11.1. The number of carbonyl (C=O) groups excluding carboxylic acids is 1. The number of aliphatic carboxylic acids is 1. The molecule has 0 spiro atoms. The molecule has 0 bridgehead atoms. The molecular formula is C11H13NO4. The number of alkyl carbamates (subject to hydrolysis) is 1. The first-order valence-corrected chi connectivity index (χ1v) is 4.81. The fraction of sp³-hybridized carbons (Fsp3) is 0.273. The average Bonchev–Trinajstić information content (AvgIpc) is 2.27. The molecule has 0 aliphatic rings. The van der Waals surface area contributed by atoms with Gasteiger partial charge in [0, 0.05) is 6.54 Å². The zero-order valence-electron chi connectivity index (χ0n) is 8.84. The predicted molar refractivity (Wildman–Crippen MR) is 56.9 cm³/mol. The van der Waals surface area contributed by atoms with Crippen LogP contribution >= 0.6 is 0 Å². The second-order valence-corrected chi connectivity index (χ2v) is 3.22. The second-order valence-electron chi connectivity index (χ2n) is 3.22. The van der Waals surface area contributed by atoms with Gasteiger partial charge in [-0.15, -0.1) is 0 Å². The Morgan fingerprint density at radius 3 is 2.56 bits per heavy atom. The lowest BCUT2D eigenvalue weighted by Crippen LogP contribution is -2.31. The number of carbonyl (C=O) groups is 2. The molecule has 5 nitrogen and oxygen atoms in total. The molecule has 0 heterocycles. The fourth-order valence-corrected chi connectivity index (χ4v) is 1.02. The first kappa shape index (κ1) is 12.0. The van der Waals surface area contributed by atoms with Crippen LogP contribution in [0, 0.1) is 0 Å². The van der Waals surface area contributed by atoms with Crippen molar-refractivity contribution in [2.45, 2.75) is 19.6 Å². The van der Waals surface area contributed by atoms with Crippen molar-refractivity contribution < 1.29 is 19.4 Å². The van der Waals surface area contributed by atoms with E-state index in [1.165, 1.54) is 6.92 Å². The fourth-order valence-electron chi connectivity index (χ4n) is 1.02. The van der Waals surface area contributed by atoms with Crippen LogP contribution in [0.25, 0.3) is 0 Å². The minimum Gasteiger partial charge on any atom is -0.479 e. The van der Waals surface area contributed by atoms with Gasteiger partial charge in [0.1, 0.15) is 0 Å². The summed E-state index contributed by atoms with van der Waals surface area (Å²) in [6.45, 7) is 1.61. The van der Waals surface area contributed by atoms with Crippen LogP contribution in [0.5, 0.6) is 0 Å². The van der Waals surface area contributed by atoms with E-state index in [-0.39, 0.29) is 0 Å². The highest BCUT2D eigenvalue weighted by Crippen LogP contribution is 1.98. The van der Waals surface area contributed by atoms with Crippen LogP contribution in [0.3, 0.4) is 0 Å². The van der Waals surface area contributed by atoms with E-state index in [2.05, 4.69) is 10.1 Å². The quantitative estimate of drug-likeness (QED) is 0.808. The Morgan fingerprint density at radius 2 is 2.00 bits per heavy atom. The summed E-state index contributed by atoms with van der Waals surface area (Å²) in [5.74, 6) is -1.17. The van der Waals surface area contributed by atoms with E-state index in [1.807, 2.05) is 30.3 Å². The van der Waals surface area contributed by atoms with Gasteiger partial charge in [0.25, 0.3) is 0 Å². The highest BCUT2D eigenvalue weighted by molar-refractivity contribution is 5.76. The van der Waals surface area contributed by atoms with Gasteiger partial charge in [-0.25, -0.2) is 9.59 Å². The SMILES string of the molecule is CC(OC(=O)NCc1ccccc1)C(=O)O. The molecule has 5 heteroatoms. The number of carboxylic acids is 1. The van der Waals surface area contributed by atoms with Crippen molar-refractivity contribution in [2.75, 3.05) is 0 Å². The van der Waals surface area contributed by atoms with Gasteiger partial charge in [-0.1, -0.05) is 30.3 Å². The van der Waals surface area contributed by atoms with Gasteiger partial charge in [0.2, 0.25) is 0 Å². The summed E-state index contributed by atoms with van der Waals surface area (Å²) in [7, 11) is 0. The lowest BCUT2D eigenvalue weighted by molar-refractivity contribution is -0.145. The predicted octanol–water partition coefficient (Wildman–Crippen LogP) is 1.39. The molecule has 0 fully saturated rings. The summed E-state index contributed by atoms with van der Waals surface area (Å²) in [6, 6.07) is 9.26. The Hall–Kier alpha value is -2.04. The lowest BCUT2D eigenvalue weighted by Gasteiger charge is -2.09. The summed E-state index contributed by atoms with van der Waals surface area (Å²) >= 11 is 0. The van der Waals surface area contributed by atoms with Crippen molar-refractivity contribution in [1.29, 1.82) is 0 Å². The van der Waals surface area contributed by atoms with Gasteiger partial charge in [-0.2, -0.15) is 0 Å². The molecule has 1 atom stereocenters. The summed E-state index contributed by atoms with van der Waals surface area (Å²) in [4.78, 5) is 21.5. The van der Waals surface area contributed by atoms with E-state index in [1.54, 1.807) is 0 Å². The summed E-state index contributed by atoms with van der Waals surface area (Å²) in [5, 5.41) is 11.0. The molecule has 0 aromatic heterocycles. The summed E-state index contributed by atoms with van der Waals surface area (Å²) in [5.41, 5.74) is 0.919. The van der Waals surface area contributed by atoms with Crippen molar-refractivity contribution in [2.24, 2.45) is 0 Å². The van der Waals surface area contributed by atoms with Crippen LogP contribution in [-0.4, -0.2) is 23.3 Å². The smallest absolute Gasteiger partial charge is 0.408 e. The second kappa shape index (κ2) is 5.75. The van der Waals surface area contributed by atoms with Crippen LogP contribution in [0.1, 0.15) is 12.5 Å². The van der Waals surface area contributed by atoms with Crippen LogP contribution in [-0.2, 0) is 16.1 Å². The Labute approximate surface area is 93.0 Å². The Balaban J connectivity index is 2.33. The number of hydrogen-bond acceptors (Lipinski definition) is 3. The molecule has 0 radical (unpaired) electrons. The third-order valence-corrected chi connectivity index (χ3v) is 1.91. The zero-order valence-corrected chi connectivity index (χ0v) is 8.84. The standard InChI is InChI=1S/C11H13NO4/c1-8(10(13)14)16-11(15)12-7-9-5-3-2-4-6-9/h2-6,8H,7H2,1H3,(H,12,15)(H,13,14). The number of ether oxygens (including phenoxy) is 1. The first-order chi connectivity index (χ1) is 7.59. The lowest BCUT2D eigenvalue weighted by atomic mass is 10.2. The molecule has 86 valence electrons. The van der Waals surface area contributed by atoms with Gasteiger partial charge >= 0.3 is 12.1 Å². The van der Waals surface area contributed by atoms with Crippen molar-refractivity contribution in [3.63, 3.8) is 0 Å². The minimum atomic E-state index is -1.17. The molecule has 0 aliphatic heterocycles. The molecule has 2 N–H and O–H groups in total. The number of rotatable bonds is 4. The largest absolute Gasteiger partial charge is 0.479 e. The summed E-state index contributed by atoms with van der Waals surface area (Å²) < 4.78 is 4.58. The van der Waals surface area contributed by atoms with Gasteiger partial charge < -0.3 is 15.2 Å². The Morgan fingerprint density at radius 1 is 1.38 bits per heavy atom. The topological polar surface area (TPSA) is 75.6 Å². The normalized spacial score (nSPS) is 11.6. The van der Waals surface area contributed by atoms with E-state index in [0.717, 1.165) is 5.56 Å². The number of hydrogen-bond donors (Lipinski definition) is 2. The zero-order chi connectivity index (χ0) is 12.0. The minimum absolute atomic E-state index is 0.312. The van der Waals surface area contributed by atoms with Crippen LogP contribution < -0.4 is 5.32 Å². The molecule has 1 aromatic carbocycles. The van der Waals surface area contributed by atoms with Gasteiger partial charge in [0.05, 0.1) is 0 Å². The number of nitrogens with one attached hydrogen (secondary N) is 1. The van der Waals surface area contributed by atoms with Crippen LogP contribution in [0.4, 0.5) is 4.79 Å². The maximum atomic E-state index is 11.1. The molecule has 1 rings (SSSR count). The van der Waals surface area contributed by atoms with Gasteiger partial charge in [-0.05, 0) is 12.5 Å². The van der Waals surface area contributed by atoms with Crippen molar-refractivity contribution in [3.05, 3.63) is 35.9 Å². The van der Waals surface area contributed by atoms with Gasteiger partial charge in [-0.3, -0.25) is 0 Å². The van der Waals surface area contributed by atoms with E-state index in [0.29, 0.717) is 6.54 Å². The highest BCUT2D eigenvalue weighted by Gasteiger charge is 2.15. The van der Waals surface area contributed by atoms with Crippen molar-refractivity contribution in [1.82, 2.24) is 5.32 Å². The highest BCUT2D eigenvalue weighted by atomic mass is 16.6. The molecule has 0 saturated carbocycles. The summed E-state index contributed by atoms with van der Waals surface area (Å²) in [6.07, 6.45) is -1.88.